The van der Waals surface area contributed by atoms with Crippen LogP contribution in [-0.2, 0) is 15.7 Å². The lowest BCUT2D eigenvalue weighted by Gasteiger charge is -2.22. The van der Waals surface area contributed by atoms with Crippen molar-refractivity contribution in [1.82, 2.24) is 4.98 Å². The molecule has 1 aromatic heterocycles. The standard InChI is InChI=1S/C30H30F3N3O4/c1-7-19-14-24(36-28(39)40-29(4,5)6)25(15-23(19)30(31,32)33)35-27(38)16-26(37)21-10-8-9-20(13-21)22-11-17(2)34-18(3)12-22/h7-15H,1,16H2,2-6H3,(H,35,38)(H,36,39). The number of carbonyl (C=O) groups excluding carboxylic acids is 3. The maximum Gasteiger partial charge on any atom is 0.417 e. The molecule has 40 heavy (non-hydrogen) atoms. The largest absolute Gasteiger partial charge is 0.444 e. The molecule has 3 rings (SSSR count). The number of nitrogens with zero attached hydrogens (tertiary/aromatic N) is 1. The summed E-state index contributed by atoms with van der Waals surface area (Å²) in [6.45, 7) is 12.0. The fourth-order valence-electron chi connectivity index (χ4n) is 3.97. The number of benzene rings is 2. The Hall–Kier alpha value is -4.47. The molecule has 0 saturated carbocycles. The Bertz CT molecular complexity index is 1450. The molecule has 0 fully saturated rings. The molecule has 2 aromatic carbocycles. The lowest BCUT2D eigenvalue weighted by atomic mass is 9.99. The Kier molecular flexibility index (Phi) is 8.82. The molecule has 2 amide bonds. The number of anilines is 2. The summed E-state index contributed by atoms with van der Waals surface area (Å²) in [6.07, 6.45) is -5.37. The molecule has 0 aliphatic heterocycles. The molecule has 0 saturated heterocycles. The van der Waals surface area contributed by atoms with Crippen LogP contribution in [0.2, 0.25) is 0 Å². The highest BCUT2D eigenvalue weighted by molar-refractivity contribution is 6.12. The van der Waals surface area contributed by atoms with Gasteiger partial charge in [0.05, 0.1) is 23.4 Å². The number of aryl methyl sites for hydroxylation is 2. The third-order valence-electron chi connectivity index (χ3n) is 5.55. The van der Waals surface area contributed by atoms with Crippen LogP contribution >= 0.6 is 0 Å². The first-order valence-electron chi connectivity index (χ1n) is 12.3. The second-order valence-corrected chi connectivity index (χ2v) is 10.2. The first kappa shape index (κ1) is 30.1. The number of aromatic nitrogens is 1. The van der Waals surface area contributed by atoms with Crippen LogP contribution in [0.4, 0.5) is 29.3 Å². The molecular weight excluding hydrogens is 523 g/mol. The summed E-state index contributed by atoms with van der Waals surface area (Å²) in [6, 6.07) is 12.1. The van der Waals surface area contributed by atoms with E-state index in [9.17, 15) is 27.6 Å². The molecule has 0 atom stereocenters. The number of nitrogens with one attached hydrogen (secondary N) is 2. The summed E-state index contributed by atoms with van der Waals surface area (Å²) in [4.78, 5) is 42.5. The number of Topliss-reactive ketones (excluding diaryl/α,β-unsaturated/α-hetero) is 1. The lowest BCUT2D eigenvalue weighted by Crippen LogP contribution is -2.28. The van der Waals surface area contributed by atoms with Gasteiger partial charge < -0.3 is 10.1 Å². The summed E-state index contributed by atoms with van der Waals surface area (Å²) >= 11 is 0. The van der Waals surface area contributed by atoms with Crippen LogP contribution < -0.4 is 10.6 Å². The van der Waals surface area contributed by atoms with Gasteiger partial charge in [-0.1, -0.05) is 30.9 Å². The zero-order chi connectivity index (χ0) is 29.8. The summed E-state index contributed by atoms with van der Waals surface area (Å²) in [5, 5.41) is 4.70. The average Bonchev–Trinajstić information content (AvgIpc) is 2.82. The second-order valence-electron chi connectivity index (χ2n) is 10.2. The van der Waals surface area contributed by atoms with Crippen LogP contribution in [0.5, 0.6) is 0 Å². The van der Waals surface area contributed by atoms with Crippen molar-refractivity contribution in [3.8, 4) is 11.1 Å². The van der Waals surface area contributed by atoms with Crippen molar-refractivity contribution in [2.45, 2.75) is 52.8 Å². The number of ketones is 1. The van der Waals surface area contributed by atoms with Gasteiger partial charge in [0.2, 0.25) is 5.91 Å². The van der Waals surface area contributed by atoms with Crippen LogP contribution in [-0.4, -0.2) is 28.4 Å². The van der Waals surface area contributed by atoms with Gasteiger partial charge in [-0.25, -0.2) is 4.79 Å². The van der Waals surface area contributed by atoms with Crippen molar-refractivity contribution in [1.29, 1.82) is 0 Å². The SMILES string of the molecule is C=Cc1cc(NC(=O)OC(C)(C)C)c(NC(=O)CC(=O)c2cccc(-c3cc(C)nc(C)c3)c2)cc1C(F)(F)F. The van der Waals surface area contributed by atoms with Gasteiger partial charge in [0.1, 0.15) is 5.60 Å². The molecule has 3 aromatic rings. The van der Waals surface area contributed by atoms with Crippen molar-refractivity contribution in [3.05, 3.63) is 83.2 Å². The van der Waals surface area contributed by atoms with Crippen LogP contribution in [0, 0.1) is 13.8 Å². The Labute approximate surface area is 230 Å². The number of hydrogen-bond donors (Lipinski definition) is 2. The minimum Gasteiger partial charge on any atom is -0.444 e. The molecule has 0 radical (unpaired) electrons. The van der Waals surface area contributed by atoms with Crippen LogP contribution in [0.1, 0.15) is 60.1 Å². The molecule has 210 valence electrons. The molecule has 7 nitrogen and oxygen atoms in total. The van der Waals surface area contributed by atoms with E-state index in [1.54, 1.807) is 39.0 Å². The highest BCUT2D eigenvalue weighted by Crippen LogP contribution is 2.38. The van der Waals surface area contributed by atoms with E-state index in [4.69, 9.17) is 4.74 Å². The fraction of sp³-hybridized carbons (Fsp3) is 0.267. The van der Waals surface area contributed by atoms with E-state index in [1.807, 2.05) is 32.0 Å². The smallest absolute Gasteiger partial charge is 0.417 e. The number of alkyl halides is 3. The number of ether oxygens (including phenoxy) is 1. The van der Waals surface area contributed by atoms with Gasteiger partial charge in [-0.15, -0.1) is 0 Å². The highest BCUT2D eigenvalue weighted by atomic mass is 19.4. The Morgan fingerprint density at radius 1 is 0.925 bits per heavy atom. The summed E-state index contributed by atoms with van der Waals surface area (Å²) in [5.41, 5.74) is 0.703. The summed E-state index contributed by atoms with van der Waals surface area (Å²) in [7, 11) is 0. The minimum absolute atomic E-state index is 0.150. The maximum atomic E-state index is 13.7. The second kappa shape index (κ2) is 11.7. The van der Waals surface area contributed by atoms with Crippen molar-refractivity contribution in [3.63, 3.8) is 0 Å². The minimum atomic E-state index is -4.77. The Morgan fingerprint density at radius 3 is 2.12 bits per heavy atom. The lowest BCUT2D eigenvalue weighted by molar-refractivity contribution is -0.137. The third-order valence-corrected chi connectivity index (χ3v) is 5.55. The van der Waals surface area contributed by atoms with Gasteiger partial charge in [-0.3, -0.25) is 19.9 Å². The normalized spacial score (nSPS) is 11.5. The average molecular weight is 554 g/mol. The third kappa shape index (κ3) is 8.02. The number of halogens is 3. The zero-order valence-corrected chi connectivity index (χ0v) is 22.8. The van der Waals surface area contributed by atoms with Crippen molar-refractivity contribution < 1.29 is 32.3 Å². The topological polar surface area (TPSA) is 97.4 Å². The van der Waals surface area contributed by atoms with Crippen molar-refractivity contribution >= 4 is 35.2 Å². The first-order valence-corrected chi connectivity index (χ1v) is 12.3. The molecule has 0 aliphatic rings. The van der Waals surface area contributed by atoms with Gasteiger partial charge in [0.25, 0.3) is 0 Å². The van der Waals surface area contributed by atoms with E-state index < -0.39 is 41.5 Å². The van der Waals surface area contributed by atoms with E-state index >= 15 is 0 Å². The van der Waals surface area contributed by atoms with Crippen molar-refractivity contribution in [2.75, 3.05) is 10.6 Å². The molecule has 0 spiro atoms. The molecule has 10 heteroatoms. The van der Waals surface area contributed by atoms with Crippen molar-refractivity contribution in [2.24, 2.45) is 0 Å². The van der Waals surface area contributed by atoms with Crippen LogP contribution in [0.3, 0.4) is 0 Å². The van der Waals surface area contributed by atoms with E-state index in [0.29, 0.717) is 6.07 Å². The predicted octanol–water partition coefficient (Wildman–Crippen LogP) is 7.59. The van der Waals surface area contributed by atoms with Crippen LogP contribution in [0.15, 0.2) is 55.1 Å². The number of hydrogen-bond acceptors (Lipinski definition) is 5. The fourth-order valence-corrected chi connectivity index (χ4v) is 3.97. The molecule has 2 N–H and O–H groups in total. The number of amides is 2. The van der Waals surface area contributed by atoms with Crippen LogP contribution in [0.25, 0.3) is 17.2 Å². The molecule has 1 heterocycles. The van der Waals surface area contributed by atoms with Gasteiger partial charge in [0.15, 0.2) is 5.78 Å². The maximum absolute atomic E-state index is 13.7. The molecular formula is C30H30F3N3O4. The van der Waals surface area contributed by atoms with Gasteiger partial charge in [-0.2, -0.15) is 13.2 Å². The molecule has 0 aliphatic carbocycles. The van der Waals surface area contributed by atoms with Gasteiger partial charge in [-0.05, 0) is 81.6 Å². The number of rotatable bonds is 7. The first-order chi connectivity index (χ1) is 18.6. The molecule has 0 bridgehead atoms. The number of pyridine rings is 1. The Balaban J connectivity index is 1.88. The highest BCUT2D eigenvalue weighted by Gasteiger charge is 2.34. The summed E-state index contributed by atoms with van der Waals surface area (Å²) < 4.78 is 46.3. The van der Waals surface area contributed by atoms with Gasteiger partial charge in [0, 0.05) is 17.0 Å². The van der Waals surface area contributed by atoms with Gasteiger partial charge >= 0.3 is 12.3 Å². The summed E-state index contributed by atoms with van der Waals surface area (Å²) in [5.74, 6) is -1.40. The van der Waals surface area contributed by atoms with E-state index in [0.717, 1.165) is 34.7 Å². The predicted molar refractivity (Wildman–Crippen MR) is 148 cm³/mol. The molecule has 0 unspecified atom stereocenters. The van der Waals surface area contributed by atoms with E-state index in [-0.39, 0.29) is 22.5 Å². The number of carbonyl (C=O) groups is 3. The zero-order valence-electron chi connectivity index (χ0n) is 22.8. The quantitative estimate of drug-likeness (QED) is 0.232. The monoisotopic (exact) mass is 553 g/mol. The Morgan fingerprint density at radius 2 is 1.55 bits per heavy atom. The van der Waals surface area contributed by atoms with E-state index in [1.165, 1.54) is 0 Å². The van der Waals surface area contributed by atoms with E-state index in [2.05, 4.69) is 22.2 Å².